The van der Waals surface area contributed by atoms with Gasteiger partial charge in [-0.1, -0.05) is 18.2 Å². The number of nitro groups is 1. The molecule has 2 aromatic rings. The van der Waals surface area contributed by atoms with Crippen LogP contribution in [0.25, 0.3) is 0 Å². The van der Waals surface area contributed by atoms with Crippen molar-refractivity contribution in [2.45, 2.75) is 25.2 Å². The number of thiazole rings is 1. The van der Waals surface area contributed by atoms with Gasteiger partial charge in [-0.25, -0.2) is 4.98 Å². The van der Waals surface area contributed by atoms with Crippen LogP contribution >= 0.6 is 11.3 Å². The number of nitrogens with zero attached hydrogens (tertiary/aromatic N) is 2. The van der Waals surface area contributed by atoms with E-state index < -0.39 is 4.92 Å². The lowest BCUT2D eigenvalue weighted by Crippen LogP contribution is -2.26. The predicted octanol–water partition coefficient (Wildman–Crippen LogP) is 2.70. The first-order valence-electron chi connectivity index (χ1n) is 7.82. The van der Waals surface area contributed by atoms with Gasteiger partial charge in [-0.05, 0) is 31.8 Å². The van der Waals surface area contributed by atoms with Crippen LogP contribution in [0.5, 0.6) is 0 Å². The molecule has 1 amide bonds. The van der Waals surface area contributed by atoms with Crippen molar-refractivity contribution in [3.63, 3.8) is 0 Å². The number of aromatic nitrogens is 1. The summed E-state index contributed by atoms with van der Waals surface area (Å²) < 4.78 is 0. The molecule has 1 fully saturated rings. The minimum absolute atomic E-state index is 0.0396. The van der Waals surface area contributed by atoms with E-state index >= 15 is 0 Å². The summed E-state index contributed by atoms with van der Waals surface area (Å²) in [5, 5.41) is 17.6. The van der Waals surface area contributed by atoms with Gasteiger partial charge in [-0.2, -0.15) is 0 Å². The highest BCUT2D eigenvalue weighted by Gasteiger charge is 2.19. The van der Waals surface area contributed by atoms with E-state index in [0.717, 1.165) is 25.9 Å². The van der Waals surface area contributed by atoms with Gasteiger partial charge in [0.1, 0.15) is 0 Å². The van der Waals surface area contributed by atoms with Crippen LogP contribution in [-0.2, 0) is 11.2 Å². The molecule has 3 rings (SSSR count). The molecule has 24 heavy (non-hydrogen) atoms. The zero-order valence-electron chi connectivity index (χ0n) is 13.0. The van der Waals surface area contributed by atoms with Crippen molar-refractivity contribution >= 4 is 28.1 Å². The average Bonchev–Trinajstić information content (AvgIpc) is 3.04. The van der Waals surface area contributed by atoms with Crippen LogP contribution < -0.4 is 10.6 Å². The first-order valence-corrected chi connectivity index (χ1v) is 8.63. The van der Waals surface area contributed by atoms with E-state index in [9.17, 15) is 14.9 Å². The molecule has 2 N–H and O–H groups in total. The number of amides is 1. The van der Waals surface area contributed by atoms with Gasteiger partial charge in [0.05, 0.1) is 11.3 Å². The average molecular weight is 346 g/mol. The number of piperidine rings is 1. The summed E-state index contributed by atoms with van der Waals surface area (Å²) in [5.41, 5.74) is 0.359. The summed E-state index contributed by atoms with van der Waals surface area (Å²) in [6.07, 6.45) is 3.93. The third-order valence-corrected chi connectivity index (χ3v) is 5.13. The van der Waals surface area contributed by atoms with Crippen LogP contribution in [0.3, 0.4) is 0 Å². The van der Waals surface area contributed by atoms with Crippen molar-refractivity contribution in [1.82, 2.24) is 10.3 Å². The van der Waals surface area contributed by atoms with Crippen LogP contribution in [-0.4, -0.2) is 28.9 Å². The number of para-hydroxylation sites is 1. The molecule has 0 atom stereocenters. The second-order valence-electron chi connectivity index (χ2n) is 5.70. The molecule has 1 saturated heterocycles. The Morgan fingerprint density at radius 3 is 2.88 bits per heavy atom. The Labute approximate surface area is 143 Å². The Morgan fingerprint density at radius 2 is 2.12 bits per heavy atom. The van der Waals surface area contributed by atoms with Crippen molar-refractivity contribution in [2.24, 2.45) is 0 Å². The summed E-state index contributed by atoms with van der Waals surface area (Å²) in [4.78, 5) is 28.1. The molecule has 7 nitrogen and oxygen atoms in total. The number of hydrogen-bond donors (Lipinski definition) is 2. The molecular formula is C16H18N4O3S. The van der Waals surface area contributed by atoms with E-state index in [-0.39, 0.29) is 18.0 Å². The minimum atomic E-state index is -0.471. The van der Waals surface area contributed by atoms with E-state index in [0.29, 0.717) is 16.6 Å². The lowest BCUT2D eigenvalue weighted by molar-refractivity contribution is -0.385. The monoisotopic (exact) mass is 346 g/mol. The van der Waals surface area contributed by atoms with Crippen LogP contribution in [0.1, 0.15) is 29.2 Å². The van der Waals surface area contributed by atoms with Crippen molar-refractivity contribution in [3.8, 4) is 0 Å². The maximum Gasteiger partial charge on any atom is 0.273 e. The predicted molar refractivity (Wildman–Crippen MR) is 92.4 cm³/mol. The van der Waals surface area contributed by atoms with Crippen LogP contribution in [0.4, 0.5) is 10.8 Å². The van der Waals surface area contributed by atoms with Crippen LogP contribution in [0.15, 0.2) is 30.5 Å². The van der Waals surface area contributed by atoms with E-state index in [4.69, 9.17) is 0 Å². The number of carbonyl (C=O) groups is 1. The highest BCUT2D eigenvalue weighted by molar-refractivity contribution is 7.15. The van der Waals surface area contributed by atoms with Crippen molar-refractivity contribution in [1.29, 1.82) is 0 Å². The standard InChI is InChI=1S/C16H18N4O3S/c21-15(9-12-3-1-2-4-13(12)20(22)23)19-16-18-10-14(24-16)11-5-7-17-8-6-11/h1-4,10-11,17H,5-9H2,(H,18,19,21). The third-order valence-electron chi connectivity index (χ3n) is 4.05. The quantitative estimate of drug-likeness (QED) is 0.641. The molecule has 126 valence electrons. The third kappa shape index (κ3) is 3.95. The van der Waals surface area contributed by atoms with E-state index in [1.165, 1.54) is 22.3 Å². The van der Waals surface area contributed by atoms with Crippen molar-refractivity contribution in [3.05, 3.63) is 51.0 Å². The number of benzene rings is 1. The molecule has 0 saturated carbocycles. The van der Waals surface area contributed by atoms with Gasteiger partial charge in [0.15, 0.2) is 5.13 Å². The van der Waals surface area contributed by atoms with Crippen LogP contribution in [0.2, 0.25) is 0 Å². The molecule has 1 aliphatic rings. The van der Waals surface area contributed by atoms with Crippen molar-refractivity contribution < 1.29 is 9.72 Å². The summed E-state index contributed by atoms with van der Waals surface area (Å²) in [5.74, 6) is 0.195. The summed E-state index contributed by atoms with van der Waals surface area (Å²) >= 11 is 1.48. The summed E-state index contributed by atoms with van der Waals surface area (Å²) in [6, 6.07) is 6.28. The molecule has 0 unspecified atom stereocenters. The molecule has 1 aromatic carbocycles. The molecule has 1 aromatic heterocycles. The van der Waals surface area contributed by atoms with E-state index in [2.05, 4.69) is 15.6 Å². The molecule has 8 heteroatoms. The second kappa shape index (κ2) is 7.50. The number of carbonyl (C=O) groups excluding carboxylic acids is 1. The summed E-state index contributed by atoms with van der Waals surface area (Å²) in [7, 11) is 0. The Kier molecular flexibility index (Phi) is 5.17. The first kappa shape index (κ1) is 16.5. The lowest BCUT2D eigenvalue weighted by atomic mass is 9.97. The Hall–Kier alpha value is -2.32. The molecule has 0 bridgehead atoms. The SMILES string of the molecule is O=C(Cc1ccccc1[N+](=O)[O-])Nc1ncc(C2CCNCC2)s1. The van der Waals surface area contributed by atoms with Crippen molar-refractivity contribution in [2.75, 3.05) is 18.4 Å². The highest BCUT2D eigenvalue weighted by atomic mass is 32.1. The number of nitrogens with one attached hydrogen (secondary N) is 2. The summed E-state index contributed by atoms with van der Waals surface area (Å²) in [6.45, 7) is 2.00. The van der Waals surface area contributed by atoms with Gasteiger partial charge in [0.2, 0.25) is 5.91 Å². The van der Waals surface area contributed by atoms with E-state index in [1.807, 2.05) is 6.20 Å². The van der Waals surface area contributed by atoms with Gasteiger partial charge in [0, 0.05) is 22.7 Å². The zero-order valence-corrected chi connectivity index (χ0v) is 13.8. The van der Waals surface area contributed by atoms with Gasteiger partial charge in [-0.15, -0.1) is 11.3 Å². The van der Waals surface area contributed by atoms with Gasteiger partial charge in [-0.3, -0.25) is 14.9 Å². The Morgan fingerprint density at radius 1 is 1.38 bits per heavy atom. The molecule has 0 spiro atoms. The Balaban J connectivity index is 1.63. The highest BCUT2D eigenvalue weighted by Crippen LogP contribution is 2.31. The molecule has 1 aliphatic heterocycles. The van der Waals surface area contributed by atoms with Crippen LogP contribution in [0, 0.1) is 10.1 Å². The van der Waals surface area contributed by atoms with Gasteiger partial charge in [0.25, 0.3) is 5.69 Å². The topological polar surface area (TPSA) is 97.2 Å². The fourth-order valence-electron chi connectivity index (χ4n) is 2.81. The van der Waals surface area contributed by atoms with Gasteiger partial charge >= 0.3 is 0 Å². The number of anilines is 1. The lowest BCUT2D eigenvalue weighted by Gasteiger charge is -2.20. The maximum atomic E-state index is 12.2. The van der Waals surface area contributed by atoms with E-state index in [1.54, 1.807) is 18.2 Å². The smallest absolute Gasteiger partial charge is 0.273 e. The van der Waals surface area contributed by atoms with Gasteiger partial charge < -0.3 is 10.6 Å². The molecule has 2 heterocycles. The molecule has 0 aliphatic carbocycles. The molecule has 0 radical (unpaired) electrons. The zero-order chi connectivity index (χ0) is 16.9. The largest absolute Gasteiger partial charge is 0.317 e. The minimum Gasteiger partial charge on any atom is -0.317 e. The maximum absolute atomic E-state index is 12.2. The number of hydrogen-bond acceptors (Lipinski definition) is 6. The number of nitro benzene ring substituents is 1. The molecular weight excluding hydrogens is 328 g/mol. The fraction of sp³-hybridized carbons (Fsp3) is 0.375. The normalized spacial score (nSPS) is 15.2. The fourth-order valence-corrected chi connectivity index (χ4v) is 3.82. The second-order valence-corrected chi connectivity index (χ2v) is 6.77. The Bertz CT molecular complexity index is 740. The first-order chi connectivity index (χ1) is 11.6. The number of rotatable bonds is 5.